The van der Waals surface area contributed by atoms with E-state index in [9.17, 15) is 35.9 Å². The lowest BCUT2D eigenvalue weighted by molar-refractivity contribution is -0.138. The highest BCUT2D eigenvalue weighted by molar-refractivity contribution is 6.31. The fourth-order valence-corrected chi connectivity index (χ4v) is 3.28. The number of ether oxygens (including phenoxy) is 1. The van der Waals surface area contributed by atoms with Crippen LogP contribution in [0.15, 0.2) is 60.7 Å². The molecule has 0 aliphatic rings. The molecule has 3 aromatic carbocycles. The Morgan fingerprint density at radius 1 is 0.730 bits per heavy atom. The van der Waals surface area contributed by atoms with Gasteiger partial charge >= 0.3 is 18.4 Å². The van der Waals surface area contributed by atoms with E-state index in [1.54, 1.807) is 0 Å². The molecule has 0 radical (unpaired) electrons. The smallest absolute Gasteiger partial charge is 0.417 e. The molecule has 0 saturated carbocycles. The summed E-state index contributed by atoms with van der Waals surface area (Å²) in [5.41, 5.74) is -3.44. The summed E-state index contributed by atoms with van der Waals surface area (Å²) in [6, 6.07) is 9.66. The molecule has 0 fully saturated rings. The SMILES string of the molecule is O=C(COc1ccc(Cl)cc1)Nc1cc(NC(=O)Nc2ccc(Cl)c(C(F)(F)F)c2)cc(C(F)(F)F)c1. The van der Waals surface area contributed by atoms with Crippen LogP contribution in [0.1, 0.15) is 11.1 Å². The van der Waals surface area contributed by atoms with Gasteiger partial charge in [-0.15, -0.1) is 0 Å². The first-order valence-corrected chi connectivity index (χ1v) is 10.8. The van der Waals surface area contributed by atoms with Crippen molar-refractivity contribution in [3.05, 3.63) is 81.8 Å². The Hall–Kier alpha value is -3.64. The fourth-order valence-electron chi connectivity index (χ4n) is 2.93. The highest BCUT2D eigenvalue weighted by Gasteiger charge is 2.34. The number of halogens is 8. The summed E-state index contributed by atoms with van der Waals surface area (Å²) < 4.78 is 84.4. The van der Waals surface area contributed by atoms with Crippen molar-refractivity contribution in [1.29, 1.82) is 0 Å². The summed E-state index contributed by atoms with van der Waals surface area (Å²) in [6.07, 6.45) is -9.64. The molecule has 0 atom stereocenters. The highest BCUT2D eigenvalue weighted by Crippen LogP contribution is 2.36. The van der Waals surface area contributed by atoms with Gasteiger partial charge in [-0.3, -0.25) is 4.79 Å². The number of rotatable bonds is 6. The van der Waals surface area contributed by atoms with Gasteiger partial charge in [0.15, 0.2) is 6.61 Å². The van der Waals surface area contributed by atoms with Gasteiger partial charge in [0.25, 0.3) is 5.91 Å². The normalized spacial score (nSPS) is 11.6. The number of nitrogens with one attached hydrogen (secondary N) is 3. The van der Waals surface area contributed by atoms with Gasteiger partial charge in [-0.1, -0.05) is 23.2 Å². The number of anilines is 3. The van der Waals surface area contributed by atoms with Crippen LogP contribution < -0.4 is 20.7 Å². The molecule has 3 amide bonds. The maximum atomic E-state index is 13.4. The van der Waals surface area contributed by atoms with E-state index in [0.717, 1.165) is 18.2 Å². The van der Waals surface area contributed by atoms with Crippen LogP contribution in [0.3, 0.4) is 0 Å². The Kier molecular flexibility index (Phi) is 8.44. The molecule has 6 nitrogen and oxygen atoms in total. The van der Waals surface area contributed by atoms with Gasteiger partial charge in [0.1, 0.15) is 5.75 Å². The Morgan fingerprint density at radius 3 is 1.92 bits per heavy atom. The Balaban J connectivity index is 1.73. The second-order valence-corrected chi connectivity index (χ2v) is 8.20. The molecular weight excluding hydrogens is 551 g/mol. The summed E-state index contributed by atoms with van der Waals surface area (Å²) in [6.45, 7) is -0.542. The molecule has 0 aromatic heterocycles. The van der Waals surface area contributed by atoms with Crippen LogP contribution in [0.25, 0.3) is 0 Å². The van der Waals surface area contributed by atoms with Gasteiger partial charge in [-0.25, -0.2) is 4.79 Å². The molecule has 14 heteroatoms. The largest absolute Gasteiger partial charge is 0.484 e. The fraction of sp³-hybridized carbons (Fsp3) is 0.130. The third kappa shape index (κ3) is 8.19. The quantitative estimate of drug-likeness (QED) is 0.268. The molecule has 0 unspecified atom stereocenters. The Labute approximate surface area is 215 Å². The molecule has 3 N–H and O–H groups in total. The van der Waals surface area contributed by atoms with E-state index in [4.69, 9.17) is 27.9 Å². The van der Waals surface area contributed by atoms with Crippen molar-refractivity contribution in [1.82, 2.24) is 0 Å². The Bertz CT molecular complexity index is 1300. The van der Waals surface area contributed by atoms with Crippen LogP contribution in [-0.4, -0.2) is 18.5 Å². The number of carbonyl (C=O) groups is 2. The lowest BCUT2D eigenvalue weighted by atomic mass is 10.1. The van der Waals surface area contributed by atoms with Gasteiger partial charge in [0.2, 0.25) is 0 Å². The molecule has 0 heterocycles. The van der Waals surface area contributed by atoms with E-state index >= 15 is 0 Å². The average Bonchev–Trinajstić information content (AvgIpc) is 2.78. The van der Waals surface area contributed by atoms with Gasteiger partial charge in [0.05, 0.1) is 16.1 Å². The van der Waals surface area contributed by atoms with Crippen molar-refractivity contribution in [3.63, 3.8) is 0 Å². The molecule has 37 heavy (non-hydrogen) atoms. The van der Waals surface area contributed by atoms with Crippen LogP contribution in [0.4, 0.5) is 48.2 Å². The van der Waals surface area contributed by atoms with Crippen molar-refractivity contribution in [2.45, 2.75) is 12.4 Å². The number of benzene rings is 3. The summed E-state index contributed by atoms with van der Waals surface area (Å²) in [5, 5.41) is 6.24. The lowest BCUT2D eigenvalue weighted by Crippen LogP contribution is -2.22. The van der Waals surface area contributed by atoms with Gasteiger partial charge in [-0.05, 0) is 60.7 Å². The average molecular weight is 566 g/mol. The van der Waals surface area contributed by atoms with Gasteiger partial charge < -0.3 is 20.7 Å². The molecule has 3 rings (SSSR count). The molecule has 0 aliphatic carbocycles. The maximum absolute atomic E-state index is 13.4. The molecule has 0 spiro atoms. The maximum Gasteiger partial charge on any atom is 0.417 e. The van der Waals surface area contributed by atoms with E-state index in [0.29, 0.717) is 29.0 Å². The monoisotopic (exact) mass is 565 g/mol. The molecule has 196 valence electrons. The number of hydrogen-bond donors (Lipinski definition) is 3. The van der Waals surface area contributed by atoms with Crippen molar-refractivity contribution < 1.29 is 40.7 Å². The third-order valence-electron chi connectivity index (χ3n) is 4.52. The van der Waals surface area contributed by atoms with Gasteiger partial charge in [0, 0.05) is 22.1 Å². The van der Waals surface area contributed by atoms with Crippen LogP contribution >= 0.6 is 23.2 Å². The minimum atomic E-state index is -4.84. The first-order chi connectivity index (χ1) is 17.2. The summed E-state index contributed by atoms with van der Waals surface area (Å²) in [7, 11) is 0. The van der Waals surface area contributed by atoms with Crippen LogP contribution in [0.5, 0.6) is 5.75 Å². The number of carbonyl (C=O) groups excluding carboxylic acids is 2. The highest BCUT2D eigenvalue weighted by atomic mass is 35.5. The second kappa shape index (κ2) is 11.2. The minimum absolute atomic E-state index is 0.290. The number of hydrogen-bond acceptors (Lipinski definition) is 3. The zero-order valence-electron chi connectivity index (χ0n) is 18.2. The molecule has 0 bridgehead atoms. The van der Waals surface area contributed by atoms with Crippen LogP contribution in [0.2, 0.25) is 10.0 Å². The van der Waals surface area contributed by atoms with Crippen LogP contribution in [-0.2, 0) is 17.1 Å². The summed E-state index contributed by atoms with van der Waals surface area (Å²) >= 11 is 11.3. The number of amides is 3. The van der Waals surface area contributed by atoms with Gasteiger partial charge in [-0.2, -0.15) is 26.3 Å². The zero-order chi connectivity index (χ0) is 27.4. The predicted octanol–water partition coefficient (Wildman–Crippen LogP) is 7.69. The third-order valence-corrected chi connectivity index (χ3v) is 5.10. The number of urea groups is 1. The summed E-state index contributed by atoms with van der Waals surface area (Å²) in [5.74, 6) is -0.510. The zero-order valence-corrected chi connectivity index (χ0v) is 19.7. The van der Waals surface area contributed by atoms with E-state index in [2.05, 4.69) is 16.0 Å². The van der Waals surface area contributed by atoms with E-state index in [1.807, 2.05) is 0 Å². The first-order valence-electron chi connectivity index (χ1n) is 10.1. The van der Waals surface area contributed by atoms with E-state index in [-0.39, 0.29) is 11.4 Å². The van der Waals surface area contributed by atoms with Crippen LogP contribution in [0, 0.1) is 0 Å². The number of alkyl halides is 6. The van der Waals surface area contributed by atoms with Crippen molar-refractivity contribution in [2.75, 3.05) is 22.6 Å². The van der Waals surface area contributed by atoms with E-state index in [1.165, 1.54) is 24.3 Å². The summed E-state index contributed by atoms with van der Waals surface area (Å²) in [4.78, 5) is 24.5. The molecule has 0 saturated heterocycles. The van der Waals surface area contributed by atoms with Crippen molar-refractivity contribution in [3.8, 4) is 5.75 Å². The lowest BCUT2D eigenvalue weighted by Gasteiger charge is -2.15. The Morgan fingerprint density at radius 2 is 1.32 bits per heavy atom. The molecular formula is C23H15Cl2F6N3O3. The van der Waals surface area contributed by atoms with Crippen molar-refractivity contribution >= 4 is 52.2 Å². The second-order valence-electron chi connectivity index (χ2n) is 7.36. The predicted molar refractivity (Wildman–Crippen MR) is 126 cm³/mol. The van der Waals surface area contributed by atoms with E-state index < -0.39 is 52.7 Å². The van der Waals surface area contributed by atoms with Crippen molar-refractivity contribution in [2.24, 2.45) is 0 Å². The standard InChI is InChI=1S/C23H15Cl2F6N3O3/c24-13-1-4-17(5-2-13)37-11-20(35)32-15-7-12(22(26,27)28)8-16(9-15)34-21(36)33-14-3-6-19(25)18(10-14)23(29,30)31/h1-10H,11H2,(H,32,35)(H2,33,34,36). The minimum Gasteiger partial charge on any atom is -0.484 e. The molecule has 3 aromatic rings. The molecule has 0 aliphatic heterocycles. The first kappa shape index (κ1) is 27.9. The topological polar surface area (TPSA) is 79.5 Å².